The number of nitrogens with one attached hydrogen (secondary N) is 1. The van der Waals surface area contributed by atoms with Crippen LogP contribution in [-0.2, 0) is 9.53 Å². The molecule has 3 N–H and O–H groups in total. The van der Waals surface area contributed by atoms with Crippen LogP contribution in [0.2, 0.25) is 0 Å². The van der Waals surface area contributed by atoms with Gasteiger partial charge in [-0.3, -0.25) is 4.79 Å². The molecule has 0 radical (unpaired) electrons. The van der Waals surface area contributed by atoms with E-state index in [1.807, 2.05) is 0 Å². The van der Waals surface area contributed by atoms with Crippen molar-refractivity contribution >= 4 is 5.91 Å². The van der Waals surface area contributed by atoms with E-state index in [1.54, 1.807) is 0 Å². The number of nitrogens with two attached hydrogens (primary N) is 1. The predicted octanol–water partition coefficient (Wildman–Crippen LogP) is 0.731. The normalized spacial score (nSPS) is 24.8. The van der Waals surface area contributed by atoms with Crippen LogP contribution >= 0.6 is 0 Å². The van der Waals surface area contributed by atoms with Gasteiger partial charge in [-0.25, -0.2) is 0 Å². The Morgan fingerprint density at radius 3 is 2.50 bits per heavy atom. The van der Waals surface area contributed by atoms with E-state index in [2.05, 4.69) is 24.3 Å². The van der Waals surface area contributed by atoms with E-state index in [-0.39, 0.29) is 23.4 Å². The summed E-state index contributed by atoms with van der Waals surface area (Å²) in [5, 5.41) is 3.10. The molecular formula is C15H29N3O2. The summed E-state index contributed by atoms with van der Waals surface area (Å²) in [4.78, 5) is 14.5. The largest absolute Gasteiger partial charge is 0.381 e. The van der Waals surface area contributed by atoms with Crippen molar-refractivity contribution in [2.45, 2.75) is 50.1 Å². The maximum atomic E-state index is 12.3. The van der Waals surface area contributed by atoms with Gasteiger partial charge in [0.05, 0.1) is 6.04 Å². The molecule has 1 saturated carbocycles. The maximum Gasteiger partial charge on any atom is 0.237 e. The fourth-order valence-corrected chi connectivity index (χ4v) is 3.47. The Bertz CT molecular complexity index is 321. The summed E-state index contributed by atoms with van der Waals surface area (Å²) in [6.45, 7) is 2.18. The van der Waals surface area contributed by atoms with Crippen molar-refractivity contribution in [3.63, 3.8) is 0 Å². The average molecular weight is 283 g/mol. The fourth-order valence-electron chi connectivity index (χ4n) is 3.47. The molecule has 116 valence electrons. The van der Waals surface area contributed by atoms with E-state index in [4.69, 9.17) is 10.5 Å². The first-order chi connectivity index (χ1) is 9.55. The molecule has 0 aromatic carbocycles. The van der Waals surface area contributed by atoms with Gasteiger partial charge in [0.1, 0.15) is 0 Å². The standard InChI is InChI=1S/C15H29N3O2/c1-18(2)15(7-3-4-8-15)11-17-14(19)13(16)12-5-9-20-10-6-12/h12-13H,3-11,16H2,1-2H3,(H,17,19). The van der Waals surface area contributed by atoms with Crippen LogP contribution in [0.15, 0.2) is 0 Å². The van der Waals surface area contributed by atoms with Crippen LogP contribution in [0.3, 0.4) is 0 Å². The minimum Gasteiger partial charge on any atom is -0.381 e. The lowest BCUT2D eigenvalue weighted by Gasteiger charge is -2.37. The van der Waals surface area contributed by atoms with Gasteiger partial charge < -0.3 is 20.7 Å². The van der Waals surface area contributed by atoms with E-state index in [1.165, 1.54) is 12.8 Å². The van der Waals surface area contributed by atoms with Gasteiger partial charge in [-0.15, -0.1) is 0 Å². The maximum absolute atomic E-state index is 12.3. The van der Waals surface area contributed by atoms with Crippen molar-refractivity contribution < 1.29 is 9.53 Å². The third-order valence-electron chi connectivity index (χ3n) is 5.15. The zero-order valence-electron chi connectivity index (χ0n) is 12.9. The van der Waals surface area contributed by atoms with Crippen molar-refractivity contribution in [1.82, 2.24) is 10.2 Å². The number of carbonyl (C=O) groups is 1. The fraction of sp³-hybridized carbons (Fsp3) is 0.933. The molecule has 2 rings (SSSR count). The van der Waals surface area contributed by atoms with E-state index in [0.29, 0.717) is 0 Å². The van der Waals surface area contributed by atoms with Crippen LogP contribution in [0.1, 0.15) is 38.5 Å². The minimum atomic E-state index is -0.389. The number of carbonyl (C=O) groups excluding carboxylic acids is 1. The van der Waals surface area contributed by atoms with Gasteiger partial charge >= 0.3 is 0 Å². The molecule has 1 amide bonds. The Hall–Kier alpha value is -0.650. The Morgan fingerprint density at radius 2 is 1.95 bits per heavy atom. The molecule has 5 heteroatoms. The van der Waals surface area contributed by atoms with Gasteiger partial charge in [0, 0.05) is 25.3 Å². The molecule has 0 spiro atoms. The molecule has 1 heterocycles. The Balaban J connectivity index is 1.84. The summed E-state index contributed by atoms with van der Waals surface area (Å²) < 4.78 is 5.32. The molecule has 1 saturated heterocycles. The van der Waals surface area contributed by atoms with Crippen LogP contribution in [0.5, 0.6) is 0 Å². The van der Waals surface area contributed by atoms with E-state index >= 15 is 0 Å². The molecule has 1 aliphatic heterocycles. The van der Waals surface area contributed by atoms with E-state index in [0.717, 1.165) is 45.4 Å². The second-order valence-electron chi connectivity index (χ2n) is 6.52. The monoisotopic (exact) mass is 283 g/mol. The van der Waals surface area contributed by atoms with Crippen molar-refractivity contribution in [2.75, 3.05) is 33.9 Å². The first-order valence-corrected chi connectivity index (χ1v) is 7.84. The molecule has 0 aromatic heterocycles. The summed E-state index contributed by atoms with van der Waals surface area (Å²) in [6, 6.07) is -0.389. The Labute approximate surface area is 122 Å². The van der Waals surface area contributed by atoms with Crippen molar-refractivity contribution in [3.8, 4) is 0 Å². The van der Waals surface area contributed by atoms with Gasteiger partial charge in [0.25, 0.3) is 0 Å². The van der Waals surface area contributed by atoms with Gasteiger partial charge in [-0.05, 0) is 45.7 Å². The summed E-state index contributed by atoms with van der Waals surface area (Å²) in [6.07, 6.45) is 6.61. The minimum absolute atomic E-state index is 0.00465. The molecule has 20 heavy (non-hydrogen) atoms. The van der Waals surface area contributed by atoms with Crippen molar-refractivity contribution in [1.29, 1.82) is 0 Å². The summed E-state index contributed by atoms with van der Waals surface area (Å²) >= 11 is 0. The van der Waals surface area contributed by atoms with Crippen LogP contribution < -0.4 is 11.1 Å². The molecule has 5 nitrogen and oxygen atoms in total. The highest BCUT2D eigenvalue weighted by atomic mass is 16.5. The molecule has 0 aromatic rings. The number of hydrogen-bond acceptors (Lipinski definition) is 4. The smallest absolute Gasteiger partial charge is 0.237 e. The topological polar surface area (TPSA) is 67.6 Å². The van der Waals surface area contributed by atoms with E-state index in [9.17, 15) is 4.79 Å². The van der Waals surface area contributed by atoms with Gasteiger partial charge in [-0.2, -0.15) is 0 Å². The van der Waals surface area contributed by atoms with Crippen LogP contribution in [0, 0.1) is 5.92 Å². The van der Waals surface area contributed by atoms with Gasteiger partial charge in [0.2, 0.25) is 5.91 Å². The zero-order chi connectivity index (χ0) is 14.6. The summed E-state index contributed by atoms with van der Waals surface area (Å²) in [7, 11) is 4.21. The molecule has 1 atom stereocenters. The number of nitrogens with zero attached hydrogens (tertiary/aromatic N) is 1. The lowest BCUT2D eigenvalue weighted by molar-refractivity contribution is -0.124. The van der Waals surface area contributed by atoms with Crippen molar-refractivity contribution in [2.24, 2.45) is 11.7 Å². The third-order valence-corrected chi connectivity index (χ3v) is 5.15. The average Bonchev–Trinajstić information content (AvgIpc) is 2.95. The van der Waals surface area contributed by atoms with Crippen LogP contribution in [0.4, 0.5) is 0 Å². The molecule has 2 aliphatic rings. The van der Waals surface area contributed by atoms with Gasteiger partial charge in [-0.1, -0.05) is 12.8 Å². The zero-order valence-corrected chi connectivity index (χ0v) is 12.9. The number of ether oxygens (including phenoxy) is 1. The number of amides is 1. The highest BCUT2D eigenvalue weighted by Gasteiger charge is 2.37. The first kappa shape index (κ1) is 15.7. The number of rotatable bonds is 5. The lowest BCUT2D eigenvalue weighted by atomic mass is 9.91. The number of hydrogen-bond donors (Lipinski definition) is 2. The first-order valence-electron chi connectivity index (χ1n) is 7.84. The lowest BCUT2D eigenvalue weighted by Crippen LogP contribution is -2.55. The molecule has 1 unspecified atom stereocenters. The number of likely N-dealkylation sites (N-methyl/N-ethyl adjacent to an activating group) is 1. The summed E-state index contributed by atoms with van der Waals surface area (Å²) in [5.74, 6) is 0.271. The molecule has 1 aliphatic carbocycles. The van der Waals surface area contributed by atoms with Crippen molar-refractivity contribution in [3.05, 3.63) is 0 Å². The molecule has 2 fully saturated rings. The quantitative estimate of drug-likeness (QED) is 0.780. The SMILES string of the molecule is CN(C)C1(CNC(=O)C(N)C2CCOCC2)CCCC1. The van der Waals surface area contributed by atoms with Gasteiger partial charge in [0.15, 0.2) is 0 Å². The van der Waals surface area contributed by atoms with Crippen LogP contribution in [0.25, 0.3) is 0 Å². The third kappa shape index (κ3) is 3.51. The summed E-state index contributed by atoms with van der Waals surface area (Å²) in [5.41, 5.74) is 6.24. The Morgan fingerprint density at radius 1 is 1.35 bits per heavy atom. The second-order valence-corrected chi connectivity index (χ2v) is 6.52. The predicted molar refractivity (Wildman–Crippen MR) is 79.4 cm³/mol. The molecular weight excluding hydrogens is 254 g/mol. The molecule has 0 bridgehead atoms. The highest BCUT2D eigenvalue weighted by Crippen LogP contribution is 2.33. The Kier molecular flexibility index (Phi) is 5.41. The van der Waals surface area contributed by atoms with E-state index < -0.39 is 0 Å². The highest BCUT2D eigenvalue weighted by molar-refractivity contribution is 5.81. The van der Waals surface area contributed by atoms with Crippen LogP contribution in [-0.4, -0.2) is 56.2 Å². The second kappa shape index (κ2) is 6.87.